The van der Waals surface area contributed by atoms with E-state index in [9.17, 15) is 15.0 Å². The van der Waals surface area contributed by atoms with Gasteiger partial charge in [0.15, 0.2) is 6.10 Å². The van der Waals surface area contributed by atoms with Gasteiger partial charge in [-0.15, -0.1) is 0 Å². The van der Waals surface area contributed by atoms with Crippen molar-refractivity contribution < 1.29 is 29.7 Å². The monoisotopic (exact) mass is 438 g/mol. The third kappa shape index (κ3) is 5.16. The lowest BCUT2D eigenvalue weighted by molar-refractivity contribution is -0.144. The molecule has 4 atom stereocenters. The molecule has 168 valence electrons. The summed E-state index contributed by atoms with van der Waals surface area (Å²) in [7, 11) is 0. The number of hydrogen-bond acceptors (Lipinski definition) is 7. The first-order chi connectivity index (χ1) is 15.5. The molecule has 2 saturated heterocycles. The van der Waals surface area contributed by atoms with Crippen LogP contribution in [-0.4, -0.2) is 70.8 Å². The SMILES string of the molecule is O=C(NO)[C@H]1O[C@@H](c2cccc(C#Cc3ccc(CN4CCOCC4)cc3)c2)[C@@H](O)[C@H]1O. The second-order valence-corrected chi connectivity index (χ2v) is 7.90. The third-order valence-electron chi connectivity index (χ3n) is 5.66. The highest BCUT2D eigenvalue weighted by molar-refractivity contribution is 5.80. The van der Waals surface area contributed by atoms with E-state index in [1.807, 2.05) is 18.2 Å². The van der Waals surface area contributed by atoms with Crippen LogP contribution in [0.1, 0.15) is 28.4 Å². The molecule has 32 heavy (non-hydrogen) atoms. The van der Waals surface area contributed by atoms with E-state index in [0.29, 0.717) is 11.1 Å². The van der Waals surface area contributed by atoms with Crippen molar-refractivity contribution in [3.8, 4) is 11.8 Å². The Morgan fingerprint density at radius 2 is 1.75 bits per heavy atom. The fourth-order valence-corrected chi connectivity index (χ4v) is 3.88. The molecule has 2 fully saturated rings. The molecule has 0 radical (unpaired) electrons. The second kappa shape index (κ2) is 10.2. The Kier molecular flexibility index (Phi) is 7.17. The zero-order valence-corrected chi connectivity index (χ0v) is 17.5. The zero-order valence-electron chi connectivity index (χ0n) is 17.5. The van der Waals surface area contributed by atoms with Crippen LogP contribution in [0.4, 0.5) is 0 Å². The Hall–Kier alpha value is -2.77. The lowest BCUT2D eigenvalue weighted by atomic mass is 9.99. The fourth-order valence-electron chi connectivity index (χ4n) is 3.88. The minimum Gasteiger partial charge on any atom is -0.387 e. The van der Waals surface area contributed by atoms with Crippen LogP contribution in [0.15, 0.2) is 48.5 Å². The van der Waals surface area contributed by atoms with E-state index >= 15 is 0 Å². The summed E-state index contributed by atoms with van der Waals surface area (Å²) in [6.07, 6.45) is -5.02. The van der Waals surface area contributed by atoms with Crippen molar-refractivity contribution in [3.63, 3.8) is 0 Å². The smallest absolute Gasteiger partial charge is 0.275 e. The van der Waals surface area contributed by atoms with Crippen LogP contribution >= 0.6 is 0 Å². The highest BCUT2D eigenvalue weighted by atomic mass is 16.6. The van der Waals surface area contributed by atoms with E-state index in [1.165, 1.54) is 11.0 Å². The van der Waals surface area contributed by atoms with Crippen molar-refractivity contribution in [2.45, 2.75) is 31.0 Å². The van der Waals surface area contributed by atoms with Gasteiger partial charge in [-0.25, -0.2) is 5.48 Å². The molecule has 2 aromatic carbocycles. The number of aliphatic hydroxyl groups excluding tert-OH is 2. The molecule has 2 heterocycles. The summed E-state index contributed by atoms with van der Waals surface area (Å²) < 4.78 is 10.9. The van der Waals surface area contributed by atoms with E-state index in [1.54, 1.807) is 18.2 Å². The van der Waals surface area contributed by atoms with E-state index in [-0.39, 0.29) is 0 Å². The number of hydrogen-bond donors (Lipinski definition) is 4. The molecule has 2 aliphatic rings. The summed E-state index contributed by atoms with van der Waals surface area (Å²) >= 11 is 0. The second-order valence-electron chi connectivity index (χ2n) is 7.90. The quantitative estimate of drug-likeness (QED) is 0.314. The summed E-state index contributed by atoms with van der Waals surface area (Å²) in [4.78, 5) is 14.0. The number of rotatable bonds is 4. The Bertz CT molecular complexity index is 994. The van der Waals surface area contributed by atoms with Gasteiger partial charge in [0.05, 0.1) is 13.2 Å². The number of hydroxylamine groups is 1. The number of morpholine rings is 1. The predicted octanol–water partition coefficient (Wildman–Crippen LogP) is 0.586. The van der Waals surface area contributed by atoms with Crippen LogP contribution in [0.25, 0.3) is 0 Å². The highest BCUT2D eigenvalue weighted by Crippen LogP contribution is 2.34. The van der Waals surface area contributed by atoms with Crippen molar-refractivity contribution in [2.75, 3.05) is 26.3 Å². The average molecular weight is 438 g/mol. The van der Waals surface area contributed by atoms with Crippen molar-refractivity contribution in [3.05, 3.63) is 70.8 Å². The molecule has 8 nitrogen and oxygen atoms in total. The minimum atomic E-state index is -1.45. The van der Waals surface area contributed by atoms with Crippen molar-refractivity contribution in [1.82, 2.24) is 10.4 Å². The van der Waals surface area contributed by atoms with Crippen molar-refractivity contribution in [2.24, 2.45) is 0 Å². The van der Waals surface area contributed by atoms with Crippen molar-refractivity contribution >= 4 is 5.91 Å². The van der Waals surface area contributed by atoms with E-state index in [4.69, 9.17) is 14.7 Å². The van der Waals surface area contributed by atoms with Gasteiger partial charge in [-0.2, -0.15) is 0 Å². The number of aliphatic hydroxyl groups is 2. The number of benzene rings is 2. The molecule has 1 amide bonds. The molecule has 0 aliphatic carbocycles. The topological polar surface area (TPSA) is 111 Å². The fraction of sp³-hybridized carbons (Fsp3) is 0.375. The summed E-state index contributed by atoms with van der Waals surface area (Å²) in [6.45, 7) is 4.34. The van der Waals surface area contributed by atoms with Gasteiger partial charge in [0.2, 0.25) is 0 Å². The van der Waals surface area contributed by atoms with Gasteiger partial charge < -0.3 is 19.7 Å². The molecule has 0 saturated carbocycles. The van der Waals surface area contributed by atoms with Crippen LogP contribution in [0.3, 0.4) is 0 Å². The van der Waals surface area contributed by atoms with E-state index in [0.717, 1.165) is 38.4 Å². The van der Waals surface area contributed by atoms with Crippen LogP contribution in [0.2, 0.25) is 0 Å². The summed E-state index contributed by atoms with van der Waals surface area (Å²) in [5.41, 5.74) is 4.84. The largest absolute Gasteiger partial charge is 0.387 e. The van der Waals surface area contributed by atoms with Crippen molar-refractivity contribution in [1.29, 1.82) is 0 Å². The van der Waals surface area contributed by atoms with Gasteiger partial charge >= 0.3 is 0 Å². The van der Waals surface area contributed by atoms with Crippen LogP contribution in [0.5, 0.6) is 0 Å². The lowest BCUT2D eigenvalue weighted by Crippen LogP contribution is -2.41. The molecule has 0 spiro atoms. The average Bonchev–Trinajstić information content (AvgIpc) is 3.13. The molecule has 4 N–H and O–H groups in total. The highest BCUT2D eigenvalue weighted by Gasteiger charge is 2.46. The van der Waals surface area contributed by atoms with Gasteiger partial charge in [-0.05, 0) is 35.4 Å². The maximum Gasteiger partial charge on any atom is 0.275 e. The Morgan fingerprint density at radius 3 is 2.47 bits per heavy atom. The van der Waals surface area contributed by atoms with Gasteiger partial charge in [0.25, 0.3) is 5.91 Å². The molecule has 2 aromatic rings. The summed E-state index contributed by atoms with van der Waals surface area (Å²) in [5, 5.41) is 29.1. The molecule has 8 heteroatoms. The number of carbonyl (C=O) groups is 1. The first-order valence-electron chi connectivity index (χ1n) is 10.5. The maximum absolute atomic E-state index is 11.6. The molecular weight excluding hydrogens is 412 g/mol. The van der Waals surface area contributed by atoms with Gasteiger partial charge in [0, 0.05) is 30.8 Å². The normalized spacial score (nSPS) is 25.7. The summed E-state index contributed by atoms with van der Waals surface area (Å²) in [5.74, 6) is 5.32. The zero-order chi connectivity index (χ0) is 22.5. The number of amides is 1. The van der Waals surface area contributed by atoms with E-state index < -0.39 is 30.3 Å². The Morgan fingerprint density at radius 1 is 1.03 bits per heavy atom. The molecule has 0 unspecified atom stereocenters. The number of ether oxygens (including phenoxy) is 2. The van der Waals surface area contributed by atoms with Gasteiger partial charge in [-0.3, -0.25) is 14.9 Å². The van der Waals surface area contributed by atoms with Gasteiger partial charge in [0.1, 0.15) is 18.3 Å². The van der Waals surface area contributed by atoms with Crippen LogP contribution in [0, 0.1) is 11.8 Å². The lowest BCUT2D eigenvalue weighted by Gasteiger charge is -2.26. The number of carbonyl (C=O) groups excluding carboxylic acids is 1. The Balaban J connectivity index is 1.43. The maximum atomic E-state index is 11.6. The molecular formula is C24H26N2O6. The number of nitrogens with zero attached hydrogens (tertiary/aromatic N) is 1. The number of nitrogens with one attached hydrogen (secondary N) is 1. The van der Waals surface area contributed by atoms with E-state index in [2.05, 4.69) is 28.9 Å². The predicted molar refractivity (Wildman–Crippen MR) is 115 cm³/mol. The third-order valence-corrected chi connectivity index (χ3v) is 5.66. The molecule has 4 rings (SSSR count). The Labute approximate surface area is 186 Å². The van der Waals surface area contributed by atoms with Gasteiger partial charge in [-0.1, -0.05) is 36.1 Å². The first kappa shape index (κ1) is 22.4. The molecule has 2 aliphatic heterocycles. The minimum absolute atomic E-state index is 0.581. The first-order valence-corrected chi connectivity index (χ1v) is 10.5. The molecule has 0 bridgehead atoms. The van der Waals surface area contributed by atoms with Crippen LogP contribution < -0.4 is 5.48 Å². The van der Waals surface area contributed by atoms with Crippen LogP contribution in [-0.2, 0) is 20.8 Å². The molecule has 0 aromatic heterocycles. The summed E-state index contributed by atoms with van der Waals surface area (Å²) in [6, 6.07) is 15.2. The standard InChI is InChI=1S/C24H26N2O6/c27-20-21(28)23(24(29)25-30)32-22(20)19-3-1-2-17(14-19)7-4-16-5-8-18(9-6-16)15-26-10-12-31-13-11-26/h1-3,5-6,8-9,14,20-23,27-28,30H,10-13,15H2,(H,25,29)/t20-,21+,22-,23-/m0/s1.